The lowest BCUT2D eigenvalue weighted by Gasteiger charge is -2.27. The maximum absolute atomic E-state index is 13.7. The molecule has 3 amide bonds. The summed E-state index contributed by atoms with van der Waals surface area (Å²) in [5.41, 5.74) is 5.30. The molecule has 2 heterocycles. The lowest BCUT2D eigenvalue weighted by Crippen LogP contribution is -2.46. The summed E-state index contributed by atoms with van der Waals surface area (Å²) in [5, 5.41) is 8.91. The summed E-state index contributed by atoms with van der Waals surface area (Å²) in [7, 11) is 1.23. The van der Waals surface area contributed by atoms with Crippen LogP contribution in [0.15, 0.2) is 77.3 Å². The molecule has 2 aromatic heterocycles. The number of benzene rings is 3. The lowest BCUT2D eigenvalue weighted by molar-refractivity contribution is -0.136. The Labute approximate surface area is 279 Å². The van der Waals surface area contributed by atoms with Crippen molar-refractivity contribution >= 4 is 34.6 Å². The zero-order valence-corrected chi connectivity index (χ0v) is 27.6. The van der Waals surface area contributed by atoms with Crippen LogP contribution in [0.3, 0.4) is 0 Å². The number of ether oxygens (including phenoxy) is 1. The van der Waals surface area contributed by atoms with E-state index in [4.69, 9.17) is 9.15 Å². The van der Waals surface area contributed by atoms with Gasteiger partial charge in [0, 0.05) is 23.4 Å². The van der Waals surface area contributed by atoms with E-state index in [0.717, 1.165) is 46.5 Å². The number of oxazole rings is 1. The number of imidazole rings is 1. The Morgan fingerprint density at radius 3 is 2.54 bits per heavy atom. The number of anilines is 1. The molecule has 12 heteroatoms. The number of methoxy groups -OCH3 is 1. The third kappa shape index (κ3) is 8.26. The number of aryl methyl sites for hydroxylation is 1. The zero-order chi connectivity index (χ0) is 34.0. The molecule has 5 rings (SSSR count). The Morgan fingerprint density at radius 1 is 1.00 bits per heavy atom. The van der Waals surface area contributed by atoms with Gasteiger partial charge in [-0.05, 0) is 61.7 Å². The van der Waals surface area contributed by atoms with Crippen LogP contribution in [0.4, 0.5) is 10.5 Å². The average Bonchev–Trinajstić information content (AvgIpc) is 3.75. The quantitative estimate of drug-likeness (QED) is 0.107. The van der Waals surface area contributed by atoms with E-state index in [2.05, 4.69) is 37.8 Å². The molecule has 0 unspecified atom stereocenters. The van der Waals surface area contributed by atoms with Crippen molar-refractivity contribution < 1.29 is 23.5 Å². The molecule has 0 radical (unpaired) electrons. The van der Waals surface area contributed by atoms with Gasteiger partial charge in [0.25, 0.3) is 0 Å². The summed E-state index contributed by atoms with van der Waals surface area (Å²) in [6.45, 7) is 7.63. The SMILES string of the molecule is CCCNCc1nc2ccc(-c3ncc(-c4ccc(C)c(NC(=O)CN(CCC)C(=O)[C@H](NC(=O)OC)c5ccccc5)c4)o3)cc2[nH]1. The van der Waals surface area contributed by atoms with Crippen molar-refractivity contribution in [3.05, 3.63) is 89.9 Å². The summed E-state index contributed by atoms with van der Waals surface area (Å²) in [6.07, 6.45) is 2.58. The number of amides is 3. The number of nitrogens with one attached hydrogen (secondary N) is 4. The first kappa shape index (κ1) is 33.9. The van der Waals surface area contributed by atoms with Gasteiger partial charge in [0.05, 0.1) is 37.4 Å². The number of carbonyl (C=O) groups excluding carboxylic acids is 3. The van der Waals surface area contributed by atoms with E-state index >= 15 is 0 Å². The fourth-order valence-corrected chi connectivity index (χ4v) is 5.31. The highest BCUT2D eigenvalue weighted by molar-refractivity contribution is 5.97. The summed E-state index contributed by atoms with van der Waals surface area (Å²) < 4.78 is 10.9. The Kier molecular flexibility index (Phi) is 11.2. The number of carbonyl (C=O) groups is 3. The van der Waals surface area contributed by atoms with Gasteiger partial charge in [-0.1, -0.05) is 56.3 Å². The molecule has 5 aromatic rings. The minimum Gasteiger partial charge on any atom is -0.453 e. The van der Waals surface area contributed by atoms with Gasteiger partial charge in [0.2, 0.25) is 17.7 Å². The third-order valence-electron chi connectivity index (χ3n) is 7.77. The van der Waals surface area contributed by atoms with Crippen LogP contribution in [0, 0.1) is 6.92 Å². The average molecular weight is 652 g/mol. The minimum atomic E-state index is -1.01. The molecule has 0 saturated carbocycles. The number of nitrogens with zero attached hydrogens (tertiary/aromatic N) is 3. The predicted molar refractivity (Wildman–Crippen MR) is 184 cm³/mol. The first-order valence-corrected chi connectivity index (χ1v) is 16.0. The van der Waals surface area contributed by atoms with Crippen molar-refractivity contribution in [1.29, 1.82) is 0 Å². The molecule has 3 aromatic carbocycles. The van der Waals surface area contributed by atoms with Crippen molar-refractivity contribution in [2.45, 2.75) is 46.2 Å². The topological polar surface area (TPSA) is 154 Å². The predicted octanol–water partition coefficient (Wildman–Crippen LogP) is 5.97. The van der Waals surface area contributed by atoms with Gasteiger partial charge in [0.1, 0.15) is 11.9 Å². The molecule has 0 saturated heterocycles. The fraction of sp³-hybridized carbons (Fsp3) is 0.306. The van der Waals surface area contributed by atoms with Crippen LogP contribution in [0.5, 0.6) is 0 Å². The molecule has 0 aliphatic rings. The Morgan fingerprint density at radius 2 is 1.79 bits per heavy atom. The second kappa shape index (κ2) is 15.9. The first-order valence-electron chi connectivity index (χ1n) is 16.0. The molecule has 0 fully saturated rings. The van der Waals surface area contributed by atoms with E-state index in [1.54, 1.807) is 30.5 Å². The van der Waals surface area contributed by atoms with Crippen LogP contribution in [0.25, 0.3) is 33.8 Å². The number of hydrogen-bond acceptors (Lipinski definition) is 8. The number of fused-ring (bicyclic) bond motifs is 1. The van der Waals surface area contributed by atoms with Crippen LogP contribution >= 0.6 is 0 Å². The molecule has 0 aliphatic carbocycles. The van der Waals surface area contributed by atoms with E-state index in [-0.39, 0.29) is 12.5 Å². The third-order valence-corrected chi connectivity index (χ3v) is 7.77. The van der Waals surface area contributed by atoms with Gasteiger partial charge in [-0.15, -0.1) is 0 Å². The second-order valence-electron chi connectivity index (χ2n) is 11.4. The van der Waals surface area contributed by atoms with E-state index in [9.17, 15) is 14.4 Å². The molecular weight excluding hydrogens is 610 g/mol. The maximum atomic E-state index is 13.7. The van der Waals surface area contributed by atoms with Gasteiger partial charge in [-0.25, -0.2) is 14.8 Å². The van der Waals surface area contributed by atoms with Crippen molar-refractivity contribution in [2.24, 2.45) is 0 Å². The highest BCUT2D eigenvalue weighted by Gasteiger charge is 2.29. The number of hydrogen-bond donors (Lipinski definition) is 4. The Hall–Kier alpha value is -5.49. The smallest absolute Gasteiger partial charge is 0.407 e. The number of H-pyrrole nitrogens is 1. The number of aromatic nitrogens is 3. The van der Waals surface area contributed by atoms with Crippen LogP contribution in [-0.2, 0) is 20.9 Å². The van der Waals surface area contributed by atoms with Crippen molar-refractivity contribution in [3.8, 4) is 22.8 Å². The monoisotopic (exact) mass is 651 g/mol. The lowest BCUT2D eigenvalue weighted by atomic mass is 10.1. The summed E-state index contributed by atoms with van der Waals surface area (Å²) in [6, 6.07) is 19.3. The normalized spacial score (nSPS) is 11.7. The largest absolute Gasteiger partial charge is 0.453 e. The first-order chi connectivity index (χ1) is 23.3. The van der Waals surface area contributed by atoms with Crippen LogP contribution in [-0.4, -0.2) is 64.5 Å². The zero-order valence-electron chi connectivity index (χ0n) is 27.6. The maximum Gasteiger partial charge on any atom is 0.407 e. The standard InChI is InChI=1S/C36H41N7O5/c1-5-16-37-21-31-39-27-15-14-26(19-29(27)40-31)34-38-20-30(48-34)25-13-12-23(3)28(18-25)41-32(44)22-43(17-6-2)35(45)33(42-36(46)47-4)24-10-8-7-9-11-24/h7-15,18-20,33,37H,5-6,16-17,21-22H2,1-4H3,(H,39,40)(H,41,44)(H,42,46)/t33-/m1/s1. The summed E-state index contributed by atoms with van der Waals surface area (Å²) in [5.74, 6) is 1.07. The number of rotatable bonds is 14. The second-order valence-corrected chi connectivity index (χ2v) is 11.4. The molecule has 48 heavy (non-hydrogen) atoms. The summed E-state index contributed by atoms with van der Waals surface area (Å²) in [4.78, 5) is 53.1. The Bertz CT molecular complexity index is 1870. The molecule has 12 nitrogen and oxygen atoms in total. The molecule has 0 spiro atoms. The Balaban J connectivity index is 1.30. The molecule has 0 bridgehead atoms. The van der Waals surface area contributed by atoms with Crippen molar-refractivity contribution in [2.75, 3.05) is 32.1 Å². The molecule has 250 valence electrons. The van der Waals surface area contributed by atoms with Gasteiger partial charge in [-0.2, -0.15) is 0 Å². The van der Waals surface area contributed by atoms with Gasteiger partial charge >= 0.3 is 6.09 Å². The van der Waals surface area contributed by atoms with Gasteiger partial charge < -0.3 is 35.0 Å². The van der Waals surface area contributed by atoms with Gasteiger partial charge in [-0.3, -0.25) is 9.59 Å². The fourth-order valence-electron chi connectivity index (χ4n) is 5.31. The van der Waals surface area contributed by atoms with Crippen molar-refractivity contribution in [3.63, 3.8) is 0 Å². The molecule has 0 aliphatic heterocycles. The van der Waals surface area contributed by atoms with Crippen LogP contribution in [0.2, 0.25) is 0 Å². The van der Waals surface area contributed by atoms with Gasteiger partial charge in [0.15, 0.2) is 5.76 Å². The van der Waals surface area contributed by atoms with E-state index < -0.39 is 18.0 Å². The number of aromatic amines is 1. The molecule has 4 N–H and O–H groups in total. The number of alkyl carbamates (subject to hydrolysis) is 1. The molecular formula is C36H41N7O5. The minimum absolute atomic E-state index is 0.207. The van der Waals surface area contributed by atoms with Crippen LogP contribution in [0.1, 0.15) is 49.7 Å². The van der Waals surface area contributed by atoms with Crippen molar-refractivity contribution in [1.82, 2.24) is 30.5 Å². The van der Waals surface area contributed by atoms with Crippen LogP contribution < -0.4 is 16.0 Å². The van der Waals surface area contributed by atoms with E-state index in [1.807, 2.05) is 56.3 Å². The highest BCUT2D eigenvalue weighted by atomic mass is 16.5. The highest BCUT2D eigenvalue weighted by Crippen LogP contribution is 2.30. The summed E-state index contributed by atoms with van der Waals surface area (Å²) >= 11 is 0. The molecule has 1 atom stereocenters. The van der Waals surface area contributed by atoms with E-state index in [0.29, 0.717) is 42.4 Å². The van der Waals surface area contributed by atoms with E-state index in [1.165, 1.54) is 12.0 Å².